The Morgan fingerprint density at radius 2 is 2.00 bits per heavy atom. The quantitative estimate of drug-likeness (QED) is 0.682. The second kappa shape index (κ2) is 6.92. The molecular weight excluding hydrogens is 304 g/mol. The molecule has 0 saturated heterocycles. The largest absolute Gasteiger partial charge is 0.326 e. The number of nitrogens with zero attached hydrogens (tertiary/aromatic N) is 1. The van der Waals surface area contributed by atoms with E-state index in [4.69, 9.17) is 4.98 Å². The highest BCUT2D eigenvalue weighted by Crippen LogP contribution is 2.34. The molecule has 0 aliphatic rings. The van der Waals surface area contributed by atoms with Gasteiger partial charge in [0.25, 0.3) is 0 Å². The lowest BCUT2D eigenvalue weighted by Crippen LogP contribution is -2.12. The maximum Gasteiger partial charge on any atom is 0.224 e. The van der Waals surface area contributed by atoms with Crippen molar-refractivity contribution in [3.8, 4) is 10.6 Å². The van der Waals surface area contributed by atoms with Crippen LogP contribution in [0, 0.1) is 6.92 Å². The van der Waals surface area contributed by atoms with Crippen LogP contribution in [-0.2, 0) is 4.79 Å². The van der Waals surface area contributed by atoms with Gasteiger partial charge in [0.05, 0.1) is 10.2 Å². The molecule has 2 aromatic carbocycles. The Bertz CT molecular complexity index is 805. The smallest absolute Gasteiger partial charge is 0.224 e. The van der Waals surface area contributed by atoms with E-state index in [0.717, 1.165) is 40.2 Å². The van der Waals surface area contributed by atoms with Gasteiger partial charge < -0.3 is 5.32 Å². The van der Waals surface area contributed by atoms with E-state index in [2.05, 4.69) is 24.4 Å². The molecule has 0 aliphatic heterocycles. The second-order valence-electron chi connectivity index (χ2n) is 5.62. The fourth-order valence-corrected chi connectivity index (χ4v) is 3.59. The number of hydrogen-bond acceptors (Lipinski definition) is 3. The van der Waals surface area contributed by atoms with Gasteiger partial charge in [0.15, 0.2) is 0 Å². The van der Waals surface area contributed by atoms with Gasteiger partial charge in [-0.1, -0.05) is 37.6 Å². The van der Waals surface area contributed by atoms with Crippen LogP contribution in [0.1, 0.15) is 31.7 Å². The molecule has 1 N–H and O–H groups in total. The molecule has 0 bridgehead atoms. The number of anilines is 1. The van der Waals surface area contributed by atoms with Gasteiger partial charge >= 0.3 is 0 Å². The number of aromatic nitrogens is 1. The van der Waals surface area contributed by atoms with E-state index in [1.807, 2.05) is 37.3 Å². The summed E-state index contributed by atoms with van der Waals surface area (Å²) in [5.74, 6) is 0.0800. The maximum absolute atomic E-state index is 12.0. The third-order valence-corrected chi connectivity index (χ3v) is 4.96. The number of fused-ring (bicyclic) bond motifs is 1. The fraction of sp³-hybridized carbons (Fsp3) is 0.263. The van der Waals surface area contributed by atoms with Crippen molar-refractivity contribution in [2.75, 3.05) is 5.32 Å². The summed E-state index contributed by atoms with van der Waals surface area (Å²) >= 11 is 1.68. The molecule has 0 atom stereocenters. The van der Waals surface area contributed by atoms with Crippen molar-refractivity contribution in [2.45, 2.75) is 33.1 Å². The van der Waals surface area contributed by atoms with E-state index in [0.29, 0.717) is 6.42 Å². The van der Waals surface area contributed by atoms with Crippen molar-refractivity contribution in [1.29, 1.82) is 0 Å². The first-order chi connectivity index (χ1) is 11.2. The molecule has 3 nitrogen and oxygen atoms in total. The molecule has 1 amide bonds. The molecule has 0 aliphatic carbocycles. The molecule has 23 heavy (non-hydrogen) atoms. The summed E-state index contributed by atoms with van der Waals surface area (Å²) in [6, 6.07) is 14.1. The Balaban J connectivity index is 1.91. The van der Waals surface area contributed by atoms with Gasteiger partial charge in [-0.2, -0.15) is 0 Å². The molecule has 0 unspecified atom stereocenters. The van der Waals surface area contributed by atoms with Crippen molar-refractivity contribution >= 4 is 33.1 Å². The Morgan fingerprint density at radius 1 is 1.17 bits per heavy atom. The van der Waals surface area contributed by atoms with Crippen LogP contribution in [0.3, 0.4) is 0 Å². The summed E-state index contributed by atoms with van der Waals surface area (Å²) in [5, 5.41) is 4.02. The van der Waals surface area contributed by atoms with Crippen LogP contribution < -0.4 is 5.32 Å². The number of carbonyl (C=O) groups is 1. The standard InChI is InChI=1S/C19H20N2OS/c1-3-4-12-18(22)20-15-10-7-8-14(13(15)2)19-21-16-9-5-6-11-17(16)23-19/h5-11H,3-4,12H2,1-2H3,(H,20,22). The first-order valence-corrected chi connectivity index (χ1v) is 8.76. The predicted molar refractivity (Wildman–Crippen MR) is 97.9 cm³/mol. The van der Waals surface area contributed by atoms with E-state index in [-0.39, 0.29) is 5.91 Å². The number of hydrogen-bond donors (Lipinski definition) is 1. The molecule has 0 spiro atoms. The molecule has 1 heterocycles. The molecule has 0 radical (unpaired) electrons. The molecule has 0 saturated carbocycles. The van der Waals surface area contributed by atoms with Gasteiger partial charge in [-0.15, -0.1) is 11.3 Å². The SMILES string of the molecule is CCCCC(=O)Nc1cccc(-c2nc3ccccc3s2)c1C. The lowest BCUT2D eigenvalue weighted by Gasteiger charge is -2.11. The fourth-order valence-electron chi connectivity index (χ4n) is 2.54. The van der Waals surface area contributed by atoms with Gasteiger partial charge in [-0.05, 0) is 37.1 Å². The lowest BCUT2D eigenvalue weighted by atomic mass is 10.1. The first kappa shape index (κ1) is 15.7. The van der Waals surface area contributed by atoms with E-state index in [1.54, 1.807) is 11.3 Å². The highest BCUT2D eigenvalue weighted by molar-refractivity contribution is 7.21. The number of nitrogens with one attached hydrogen (secondary N) is 1. The van der Waals surface area contributed by atoms with Gasteiger partial charge in [0, 0.05) is 17.7 Å². The Morgan fingerprint density at radius 3 is 2.78 bits per heavy atom. The first-order valence-electron chi connectivity index (χ1n) is 7.94. The van der Waals surface area contributed by atoms with Gasteiger partial charge in [0.2, 0.25) is 5.91 Å². The second-order valence-corrected chi connectivity index (χ2v) is 6.65. The molecule has 4 heteroatoms. The van der Waals surface area contributed by atoms with Crippen molar-refractivity contribution < 1.29 is 4.79 Å². The van der Waals surface area contributed by atoms with Crippen LogP contribution in [0.25, 0.3) is 20.8 Å². The van der Waals surface area contributed by atoms with Crippen LogP contribution in [0.5, 0.6) is 0 Å². The summed E-state index contributed by atoms with van der Waals surface area (Å²) in [5.41, 5.74) is 4.04. The minimum atomic E-state index is 0.0800. The molecule has 3 rings (SSSR count). The number of benzene rings is 2. The summed E-state index contributed by atoms with van der Waals surface area (Å²) in [6.45, 7) is 4.13. The highest BCUT2D eigenvalue weighted by Gasteiger charge is 2.12. The third kappa shape index (κ3) is 3.42. The number of para-hydroxylation sites is 1. The maximum atomic E-state index is 12.0. The number of amides is 1. The Hall–Kier alpha value is -2.20. The Labute approximate surface area is 140 Å². The third-order valence-electron chi connectivity index (χ3n) is 3.89. The monoisotopic (exact) mass is 324 g/mol. The summed E-state index contributed by atoms with van der Waals surface area (Å²) in [7, 11) is 0. The minimum Gasteiger partial charge on any atom is -0.326 e. The van der Waals surface area contributed by atoms with Crippen LogP contribution in [-0.4, -0.2) is 10.9 Å². The van der Waals surface area contributed by atoms with Gasteiger partial charge in [0.1, 0.15) is 5.01 Å². The average Bonchev–Trinajstić information content (AvgIpc) is 2.98. The number of carbonyl (C=O) groups excluding carboxylic acids is 1. The zero-order valence-corrected chi connectivity index (χ0v) is 14.2. The summed E-state index contributed by atoms with van der Waals surface area (Å²) in [4.78, 5) is 16.7. The highest BCUT2D eigenvalue weighted by atomic mass is 32.1. The molecule has 3 aromatic rings. The van der Waals surface area contributed by atoms with Crippen LogP contribution >= 0.6 is 11.3 Å². The van der Waals surface area contributed by atoms with E-state index < -0.39 is 0 Å². The number of thiazole rings is 1. The van der Waals surface area contributed by atoms with Gasteiger partial charge in [-0.3, -0.25) is 4.79 Å². The number of rotatable bonds is 5. The van der Waals surface area contributed by atoms with E-state index in [9.17, 15) is 4.79 Å². The van der Waals surface area contributed by atoms with Gasteiger partial charge in [-0.25, -0.2) is 4.98 Å². The van der Waals surface area contributed by atoms with E-state index >= 15 is 0 Å². The topological polar surface area (TPSA) is 42.0 Å². The normalized spacial score (nSPS) is 10.9. The van der Waals surface area contributed by atoms with Crippen molar-refractivity contribution in [2.24, 2.45) is 0 Å². The van der Waals surface area contributed by atoms with Crippen LogP contribution in [0.4, 0.5) is 5.69 Å². The minimum absolute atomic E-state index is 0.0800. The molecule has 1 aromatic heterocycles. The van der Waals surface area contributed by atoms with Crippen LogP contribution in [0.15, 0.2) is 42.5 Å². The molecular formula is C19H20N2OS. The van der Waals surface area contributed by atoms with Crippen molar-refractivity contribution in [3.05, 3.63) is 48.0 Å². The van der Waals surface area contributed by atoms with E-state index in [1.165, 1.54) is 4.70 Å². The lowest BCUT2D eigenvalue weighted by molar-refractivity contribution is -0.116. The Kier molecular flexibility index (Phi) is 4.72. The zero-order valence-electron chi connectivity index (χ0n) is 13.4. The van der Waals surface area contributed by atoms with Crippen LogP contribution in [0.2, 0.25) is 0 Å². The van der Waals surface area contributed by atoms with Crippen molar-refractivity contribution in [3.63, 3.8) is 0 Å². The molecule has 118 valence electrons. The molecule has 0 fully saturated rings. The zero-order chi connectivity index (χ0) is 16.2. The summed E-state index contributed by atoms with van der Waals surface area (Å²) in [6.07, 6.45) is 2.52. The average molecular weight is 324 g/mol. The summed E-state index contributed by atoms with van der Waals surface area (Å²) < 4.78 is 1.18. The van der Waals surface area contributed by atoms with Crippen molar-refractivity contribution in [1.82, 2.24) is 4.98 Å². The predicted octanol–water partition coefficient (Wildman–Crippen LogP) is 5.40. The number of unbranched alkanes of at least 4 members (excludes halogenated alkanes) is 1.